The molecule has 30 heavy (non-hydrogen) atoms. The van der Waals surface area contributed by atoms with Crippen LogP contribution in [0.1, 0.15) is 32.3 Å². The maximum absolute atomic E-state index is 12.3. The van der Waals surface area contributed by atoms with E-state index in [1.54, 1.807) is 11.3 Å². The second-order valence-corrected chi connectivity index (χ2v) is 8.62. The molecular weight excluding hydrogens is 392 g/mol. The second kappa shape index (κ2) is 8.98. The SMILES string of the molecule is CCN(CC)CCCC(=O)Nc1ccc2c(c1)sc1nc(-c3cccc(C)c3)cn12. The van der Waals surface area contributed by atoms with E-state index in [0.717, 1.165) is 58.2 Å². The van der Waals surface area contributed by atoms with Crippen molar-refractivity contribution in [2.24, 2.45) is 0 Å². The Morgan fingerprint density at radius 3 is 2.77 bits per heavy atom. The molecule has 0 unspecified atom stereocenters. The third-order valence-electron chi connectivity index (χ3n) is 5.46. The zero-order valence-electron chi connectivity index (χ0n) is 17.8. The van der Waals surface area contributed by atoms with Crippen molar-refractivity contribution in [1.29, 1.82) is 0 Å². The Bertz CT molecular complexity index is 1170. The van der Waals surface area contributed by atoms with Crippen molar-refractivity contribution in [1.82, 2.24) is 14.3 Å². The molecule has 4 aromatic rings. The van der Waals surface area contributed by atoms with Gasteiger partial charge < -0.3 is 10.2 Å². The first-order chi connectivity index (χ1) is 14.6. The van der Waals surface area contributed by atoms with Crippen LogP contribution in [0.5, 0.6) is 0 Å². The predicted octanol–water partition coefficient (Wildman–Crippen LogP) is 5.58. The summed E-state index contributed by atoms with van der Waals surface area (Å²) in [4.78, 5) is 20.4. The van der Waals surface area contributed by atoms with Gasteiger partial charge in [0.1, 0.15) is 0 Å². The van der Waals surface area contributed by atoms with Crippen molar-refractivity contribution < 1.29 is 4.79 Å². The standard InChI is InChI=1S/C24H28N4OS/c1-4-27(5-2)13-7-10-23(29)25-19-11-12-21-22(15-19)30-24-26-20(16-28(21)24)18-9-6-8-17(3)14-18/h6,8-9,11-12,14-16H,4-5,7,10,13H2,1-3H3,(H,25,29). The van der Waals surface area contributed by atoms with Crippen LogP contribution in [0.3, 0.4) is 0 Å². The number of imidazole rings is 1. The van der Waals surface area contributed by atoms with Crippen LogP contribution in [-0.4, -0.2) is 39.8 Å². The molecule has 2 aromatic heterocycles. The number of aromatic nitrogens is 2. The molecule has 0 bridgehead atoms. The number of carbonyl (C=O) groups is 1. The molecule has 0 fully saturated rings. The smallest absolute Gasteiger partial charge is 0.224 e. The number of anilines is 1. The summed E-state index contributed by atoms with van der Waals surface area (Å²) in [7, 11) is 0. The molecule has 5 nitrogen and oxygen atoms in total. The number of aryl methyl sites for hydroxylation is 1. The molecule has 0 saturated heterocycles. The molecule has 2 aromatic carbocycles. The highest BCUT2D eigenvalue weighted by molar-refractivity contribution is 7.23. The second-order valence-electron chi connectivity index (χ2n) is 7.61. The Hall–Kier alpha value is -2.70. The lowest BCUT2D eigenvalue weighted by molar-refractivity contribution is -0.116. The van der Waals surface area contributed by atoms with Gasteiger partial charge in [-0.3, -0.25) is 9.20 Å². The number of hydrogen-bond acceptors (Lipinski definition) is 4. The summed E-state index contributed by atoms with van der Waals surface area (Å²) in [6, 6.07) is 14.5. The molecular formula is C24H28N4OS. The average Bonchev–Trinajstić information content (AvgIpc) is 3.29. The van der Waals surface area contributed by atoms with Crippen molar-refractivity contribution in [3.05, 3.63) is 54.2 Å². The fraction of sp³-hybridized carbons (Fsp3) is 0.333. The summed E-state index contributed by atoms with van der Waals surface area (Å²) in [5.41, 5.74) is 5.30. The highest BCUT2D eigenvalue weighted by Crippen LogP contribution is 2.31. The van der Waals surface area contributed by atoms with E-state index in [0.29, 0.717) is 6.42 Å². The van der Waals surface area contributed by atoms with Crippen LogP contribution >= 0.6 is 11.3 Å². The Morgan fingerprint density at radius 1 is 1.17 bits per heavy atom. The van der Waals surface area contributed by atoms with Crippen LogP contribution in [-0.2, 0) is 4.79 Å². The minimum absolute atomic E-state index is 0.0737. The van der Waals surface area contributed by atoms with Gasteiger partial charge in [0, 0.05) is 23.9 Å². The Labute approximate surface area is 181 Å². The van der Waals surface area contributed by atoms with Gasteiger partial charge in [0.2, 0.25) is 5.91 Å². The molecule has 0 atom stereocenters. The van der Waals surface area contributed by atoms with Crippen LogP contribution in [0.25, 0.3) is 26.4 Å². The van der Waals surface area contributed by atoms with E-state index >= 15 is 0 Å². The zero-order chi connectivity index (χ0) is 21.1. The summed E-state index contributed by atoms with van der Waals surface area (Å²) in [6.45, 7) is 9.42. The van der Waals surface area contributed by atoms with E-state index in [1.807, 2.05) is 12.1 Å². The number of hydrogen-bond donors (Lipinski definition) is 1. The lowest BCUT2D eigenvalue weighted by Gasteiger charge is -2.17. The molecule has 156 valence electrons. The van der Waals surface area contributed by atoms with Crippen molar-refractivity contribution in [3.8, 4) is 11.3 Å². The summed E-state index contributed by atoms with van der Waals surface area (Å²) < 4.78 is 3.25. The van der Waals surface area contributed by atoms with Gasteiger partial charge in [0.25, 0.3) is 0 Å². The van der Waals surface area contributed by atoms with Crippen LogP contribution in [0.4, 0.5) is 5.69 Å². The fourth-order valence-electron chi connectivity index (χ4n) is 3.75. The maximum Gasteiger partial charge on any atom is 0.224 e. The van der Waals surface area contributed by atoms with E-state index in [1.165, 1.54) is 5.56 Å². The number of benzene rings is 2. The number of fused-ring (bicyclic) bond motifs is 3. The lowest BCUT2D eigenvalue weighted by Crippen LogP contribution is -2.25. The Balaban J connectivity index is 1.47. The molecule has 2 heterocycles. The van der Waals surface area contributed by atoms with Gasteiger partial charge in [-0.25, -0.2) is 4.98 Å². The topological polar surface area (TPSA) is 49.6 Å². The van der Waals surface area contributed by atoms with Gasteiger partial charge >= 0.3 is 0 Å². The lowest BCUT2D eigenvalue weighted by atomic mass is 10.1. The zero-order valence-corrected chi connectivity index (χ0v) is 18.6. The Morgan fingerprint density at radius 2 is 2.00 bits per heavy atom. The first-order valence-corrected chi connectivity index (χ1v) is 11.4. The van der Waals surface area contributed by atoms with Crippen molar-refractivity contribution in [2.75, 3.05) is 25.0 Å². The van der Waals surface area contributed by atoms with Gasteiger partial charge in [-0.1, -0.05) is 48.9 Å². The predicted molar refractivity (Wildman–Crippen MR) is 126 cm³/mol. The maximum atomic E-state index is 12.3. The Kier molecular flexibility index (Phi) is 6.16. The quantitative estimate of drug-likeness (QED) is 0.404. The minimum atomic E-state index is 0.0737. The molecule has 0 aliphatic rings. The first kappa shape index (κ1) is 20.6. The van der Waals surface area contributed by atoms with Gasteiger partial charge in [-0.2, -0.15) is 0 Å². The molecule has 0 radical (unpaired) electrons. The summed E-state index contributed by atoms with van der Waals surface area (Å²) in [6.07, 6.45) is 3.51. The summed E-state index contributed by atoms with van der Waals surface area (Å²) in [5, 5.41) is 3.04. The van der Waals surface area contributed by atoms with Crippen LogP contribution < -0.4 is 5.32 Å². The van der Waals surface area contributed by atoms with E-state index in [-0.39, 0.29) is 5.91 Å². The highest BCUT2D eigenvalue weighted by atomic mass is 32.1. The third kappa shape index (κ3) is 4.40. The third-order valence-corrected chi connectivity index (χ3v) is 6.48. The van der Waals surface area contributed by atoms with E-state index in [2.05, 4.69) is 71.9 Å². The molecule has 1 N–H and O–H groups in total. The van der Waals surface area contributed by atoms with Crippen molar-refractivity contribution in [3.63, 3.8) is 0 Å². The molecule has 4 rings (SSSR count). The van der Waals surface area contributed by atoms with Gasteiger partial charge in [-0.15, -0.1) is 0 Å². The molecule has 1 amide bonds. The minimum Gasteiger partial charge on any atom is -0.326 e. The largest absolute Gasteiger partial charge is 0.326 e. The highest BCUT2D eigenvalue weighted by Gasteiger charge is 2.12. The fourth-order valence-corrected chi connectivity index (χ4v) is 4.80. The van der Waals surface area contributed by atoms with Gasteiger partial charge in [0.15, 0.2) is 4.96 Å². The molecule has 0 spiro atoms. The molecule has 0 aliphatic carbocycles. The molecule has 0 saturated carbocycles. The average molecular weight is 421 g/mol. The van der Waals surface area contributed by atoms with E-state index < -0.39 is 0 Å². The van der Waals surface area contributed by atoms with Crippen molar-refractivity contribution in [2.45, 2.75) is 33.6 Å². The van der Waals surface area contributed by atoms with E-state index in [9.17, 15) is 4.79 Å². The number of nitrogens with zero attached hydrogens (tertiary/aromatic N) is 3. The van der Waals surface area contributed by atoms with Crippen LogP contribution in [0.15, 0.2) is 48.7 Å². The monoisotopic (exact) mass is 420 g/mol. The normalized spacial score (nSPS) is 11.6. The van der Waals surface area contributed by atoms with Crippen LogP contribution in [0.2, 0.25) is 0 Å². The number of rotatable bonds is 8. The van der Waals surface area contributed by atoms with Crippen LogP contribution in [0, 0.1) is 6.92 Å². The molecule has 6 heteroatoms. The van der Waals surface area contributed by atoms with Gasteiger partial charge in [0.05, 0.1) is 15.9 Å². The molecule has 0 aliphatic heterocycles. The van der Waals surface area contributed by atoms with Gasteiger partial charge in [-0.05, 0) is 57.2 Å². The number of carbonyl (C=O) groups excluding carboxylic acids is 1. The number of amides is 1. The summed E-state index contributed by atoms with van der Waals surface area (Å²) in [5.74, 6) is 0.0737. The first-order valence-electron chi connectivity index (χ1n) is 10.6. The van der Waals surface area contributed by atoms with E-state index in [4.69, 9.17) is 4.98 Å². The number of nitrogens with one attached hydrogen (secondary N) is 1. The number of thiazole rings is 1. The summed E-state index contributed by atoms with van der Waals surface area (Å²) >= 11 is 1.64. The van der Waals surface area contributed by atoms with Crippen molar-refractivity contribution >= 4 is 38.1 Å².